The summed E-state index contributed by atoms with van der Waals surface area (Å²) in [7, 11) is 1.69. The van der Waals surface area contributed by atoms with Crippen molar-refractivity contribution in [3.8, 4) is 5.75 Å². The Labute approximate surface area is 188 Å². The number of likely N-dealkylation sites (tertiary alicyclic amines) is 1. The number of ether oxygens (including phenoxy) is 1. The molecule has 2 aliphatic carbocycles. The van der Waals surface area contributed by atoms with Crippen LogP contribution in [0, 0.1) is 24.7 Å². The van der Waals surface area contributed by atoms with E-state index in [4.69, 9.17) is 4.74 Å². The number of carbonyl (C=O) groups is 1. The average molecular weight is 428 g/mol. The van der Waals surface area contributed by atoms with Gasteiger partial charge in [-0.3, -0.25) is 9.69 Å². The molecule has 4 heteroatoms. The maximum absolute atomic E-state index is 13.5. The molecule has 4 rings (SSSR count). The highest BCUT2D eigenvalue weighted by Crippen LogP contribution is 2.56. The van der Waals surface area contributed by atoms with Gasteiger partial charge in [0.1, 0.15) is 11.5 Å². The number of Topliss-reactive ketones (excluding diaryl/α,β-unsaturated/α-hetero) is 1. The first-order chi connectivity index (χ1) is 14.7. The SMILES string of the molecule is COc1ccc(C)c([C@]23CCN(CC4CC4)[C@H](C)[C@]2(O)CC(CCC(C)C)C(=O)C3)c1. The Morgan fingerprint density at radius 1 is 1.29 bits per heavy atom. The summed E-state index contributed by atoms with van der Waals surface area (Å²) in [6.45, 7) is 10.8. The second kappa shape index (κ2) is 8.51. The number of rotatable bonds is 7. The molecular formula is C27H41NO3. The van der Waals surface area contributed by atoms with Gasteiger partial charge in [0.25, 0.3) is 0 Å². The lowest BCUT2D eigenvalue weighted by molar-refractivity contribution is -0.174. The highest BCUT2D eigenvalue weighted by Gasteiger charge is 2.63. The van der Waals surface area contributed by atoms with Crippen LogP contribution in [0.1, 0.15) is 76.8 Å². The van der Waals surface area contributed by atoms with Gasteiger partial charge in [-0.25, -0.2) is 0 Å². The van der Waals surface area contributed by atoms with Gasteiger partial charge in [-0.1, -0.05) is 26.3 Å². The molecule has 1 aromatic rings. The minimum Gasteiger partial charge on any atom is -0.497 e. The summed E-state index contributed by atoms with van der Waals surface area (Å²) in [4.78, 5) is 16.0. The number of ketones is 1. The number of nitrogens with zero attached hydrogens (tertiary/aromatic N) is 1. The fourth-order valence-electron chi connectivity index (χ4n) is 6.37. The van der Waals surface area contributed by atoms with Crippen LogP contribution < -0.4 is 4.74 Å². The molecule has 4 atom stereocenters. The van der Waals surface area contributed by atoms with E-state index >= 15 is 0 Å². The number of benzene rings is 1. The van der Waals surface area contributed by atoms with E-state index in [2.05, 4.69) is 44.7 Å². The lowest BCUT2D eigenvalue weighted by Gasteiger charge is -2.61. The van der Waals surface area contributed by atoms with Crippen molar-refractivity contribution in [1.82, 2.24) is 4.90 Å². The first-order valence-corrected chi connectivity index (χ1v) is 12.3. The third-order valence-electron chi connectivity index (χ3n) is 8.62. The first-order valence-electron chi connectivity index (χ1n) is 12.3. The Kier molecular flexibility index (Phi) is 6.26. The number of hydrogen-bond acceptors (Lipinski definition) is 4. The van der Waals surface area contributed by atoms with Gasteiger partial charge in [0, 0.05) is 30.3 Å². The monoisotopic (exact) mass is 427 g/mol. The Morgan fingerprint density at radius 2 is 2.03 bits per heavy atom. The number of carbonyl (C=O) groups excluding carboxylic acids is 1. The molecule has 0 amide bonds. The zero-order chi connectivity index (χ0) is 22.4. The van der Waals surface area contributed by atoms with Crippen molar-refractivity contribution >= 4 is 5.78 Å². The molecule has 2 saturated carbocycles. The summed E-state index contributed by atoms with van der Waals surface area (Å²) >= 11 is 0. The molecule has 0 aromatic heterocycles. The van der Waals surface area contributed by atoms with Crippen LogP contribution in [0.5, 0.6) is 5.75 Å². The van der Waals surface area contributed by atoms with Crippen molar-refractivity contribution in [1.29, 1.82) is 0 Å². The zero-order valence-corrected chi connectivity index (χ0v) is 20.1. The molecule has 0 spiro atoms. The zero-order valence-electron chi connectivity index (χ0n) is 20.1. The summed E-state index contributed by atoms with van der Waals surface area (Å²) in [6, 6.07) is 6.20. The van der Waals surface area contributed by atoms with Crippen molar-refractivity contribution in [3.05, 3.63) is 29.3 Å². The molecule has 3 fully saturated rings. The standard InChI is InChI=1S/C27H41NO3/c1-18(2)6-10-22-15-27(30)20(4)28(17-21-8-9-21)13-12-26(27,16-25(22)29)24-14-23(31-5)11-7-19(24)3/h7,11,14,18,20-22,30H,6,8-10,12-13,15-17H2,1-5H3/t20-,22?,26-,27-/m1/s1. The third kappa shape index (κ3) is 4.06. The number of aryl methyl sites for hydroxylation is 1. The van der Waals surface area contributed by atoms with Gasteiger partial charge < -0.3 is 9.84 Å². The van der Waals surface area contributed by atoms with Crippen LogP contribution in [0.3, 0.4) is 0 Å². The maximum Gasteiger partial charge on any atom is 0.137 e. The Morgan fingerprint density at radius 3 is 2.68 bits per heavy atom. The Balaban J connectivity index is 1.75. The van der Waals surface area contributed by atoms with E-state index in [0.29, 0.717) is 24.5 Å². The second-order valence-electron chi connectivity index (χ2n) is 11.1. The molecule has 0 bridgehead atoms. The highest BCUT2D eigenvalue weighted by molar-refractivity contribution is 5.84. The van der Waals surface area contributed by atoms with Gasteiger partial charge in [-0.05, 0) is 87.6 Å². The quantitative estimate of drug-likeness (QED) is 0.673. The molecule has 4 nitrogen and oxygen atoms in total. The van der Waals surface area contributed by atoms with Crippen LogP contribution >= 0.6 is 0 Å². The van der Waals surface area contributed by atoms with Crippen LogP contribution in [0.4, 0.5) is 0 Å². The second-order valence-corrected chi connectivity index (χ2v) is 11.1. The molecular weight excluding hydrogens is 386 g/mol. The van der Waals surface area contributed by atoms with E-state index in [1.807, 2.05) is 6.07 Å². The van der Waals surface area contributed by atoms with Gasteiger partial charge in [-0.2, -0.15) is 0 Å². The van der Waals surface area contributed by atoms with Crippen molar-refractivity contribution in [3.63, 3.8) is 0 Å². The number of hydrogen-bond donors (Lipinski definition) is 1. The highest BCUT2D eigenvalue weighted by atomic mass is 16.5. The van der Waals surface area contributed by atoms with Crippen LogP contribution in [-0.2, 0) is 10.2 Å². The molecule has 172 valence electrons. The average Bonchev–Trinajstić information content (AvgIpc) is 3.55. The van der Waals surface area contributed by atoms with Gasteiger partial charge in [0.2, 0.25) is 0 Å². The van der Waals surface area contributed by atoms with Gasteiger partial charge >= 0.3 is 0 Å². The first kappa shape index (κ1) is 22.8. The predicted molar refractivity (Wildman–Crippen MR) is 125 cm³/mol. The number of methoxy groups -OCH3 is 1. The van der Waals surface area contributed by atoms with E-state index < -0.39 is 11.0 Å². The molecule has 0 radical (unpaired) electrons. The minimum absolute atomic E-state index is 0.0326. The summed E-state index contributed by atoms with van der Waals surface area (Å²) in [6.07, 6.45) is 6.42. The fourth-order valence-corrected chi connectivity index (χ4v) is 6.37. The van der Waals surface area contributed by atoms with Crippen LogP contribution in [0.15, 0.2) is 18.2 Å². The maximum atomic E-state index is 13.5. The normalized spacial score (nSPS) is 34.1. The van der Waals surface area contributed by atoms with Crippen molar-refractivity contribution in [2.24, 2.45) is 17.8 Å². The van der Waals surface area contributed by atoms with Crippen LogP contribution in [0.25, 0.3) is 0 Å². The molecule has 1 aromatic carbocycles. The van der Waals surface area contributed by atoms with E-state index in [0.717, 1.165) is 55.1 Å². The summed E-state index contributed by atoms with van der Waals surface area (Å²) in [5, 5.41) is 12.6. The summed E-state index contributed by atoms with van der Waals surface area (Å²) in [5.74, 6) is 2.48. The van der Waals surface area contributed by atoms with E-state index in [9.17, 15) is 9.90 Å². The molecule has 1 heterocycles. The number of aliphatic hydroxyl groups is 1. The summed E-state index contributed by atoms with van der Waals surface area (Å²) in [5.41, 5.74) is 0.821. The molecule has 1 N–H and O–H groups in total. The van der Waals surface area contributed by atoms with Crippen LogP contribution in [-0.4, -0.2) is 47.6 Å². The van der Waals surface area contributed by atoms with Crippen molar-refractivity contribution < 1.29 is 14.6 Å². The molecule has 1 saturated heterocycles. The minimum atomic E-state index is -0.910. The smallest absolute Gasteiger partial charge is 0.137 e. The Hall–Kier alpha value is -1.39. The van der Waals surface area contributed by atoms with E-state index in [1.165, 1.54) is 12.8 Å². The van der Waals surface area contributed by atoms with Crippen molar-refractivity contribution in [2.75, 3.05) is 20.2 Å². The Bertz CT molecular complexity index is 817. The van der Waals surface area contributed by atoms with E-state index in [-0.39, 0.29) is 12.0 Å². The topological polar surface area (TPSA) is 49.8 Å². The molecule has 1 unspecified atom stereocenters. The molecule has 1 aliphatic heterocycles. The van der Waals surface area contributed by atoms with E-state index in [1.54, 1.807) is 7.11 Å². The molecule has 3 aliphatic rings. The fraction of sp³-hybridized carbons (Fsp3) is 0.741. The van der Waals surface area contributed by atoms with Crippen molar-refractivity contribution in [2.45, 2.75) is 89.7 Å². The third-order valence-corrected chi connectivity index (χ3v) is 8.62. The summed E-state index contributed by atoms with van der Waals surface area (Å²) < 4.78 is 5.55. The van der Waals surface area contributed by atoms with Crippen LogP contribution in [0.2, 0.25) is 0 Å². The lowest BCUT2D eigenvalue weighted by atomic mass is 9.51. The van der Waals surface area contributed by atoms with Gasteiger partial charge in [0.05, 0.1) is 12.7 Å². The van der Waals surface area contributed by atoms with Gasteiger partial charge in [-0.15, -0.1) is 0 Å². The number of fused-ring (bicyclic) bond motifs is 1. The van der Waals surface area contributed by atoms with Gasteiger partial charge in [0.15, 0.2) is 0 Å². The number of piperidine rings is 1. The lowest BCUT2D eigenvalue weighted by Crippen LogP contribution is -2.71. The predicted octanol–water partition coefficient (Wildman–Crippen LogP) is 4.89. The molecule has 31 heavy (non-hydrogen) atoms. The largest absolute Gasteiger partial charge is 0.497 e.